The molecule has 10 heteroatoms. The Morgan fingerprint density at radius 2 is 2.27 bits per heavy atom. The summed E-state index contributed by atoms with van der Waals surface area (Å²) in [5.41, 5.74) is 0.673. The third-order valence-electron chi connectivity index (χ3n) is 2.97. The molecule has 0 bridgehead atoms. The average Bonchev–Trinajstić information content (AvgIpc) is 3.03. The van der Waals surface area contributed by atoms with Gasteiger partial charge in [-0.3, -0.25) is 9.48 Å². The molecule has 2 aromatic heterocycles. The SMILES string of the molecule is Cc1cc([N+](=O)[O-])nn1CCNC(=O)CCn1cc(Cl)cn1. The summed E-state index contributed by atoms with van der Waals surface area (Å²) in [6.45, 7) is 2.88. The van der Waals surface area contributed by atoms with Crippen LogP contribution in [0.3, 0.4) is 0 Å². The van der Waals surface area contributed by atoms with Gasteiger partial charge in [0, 0.05) is 25.7 Å². The fraction of sp³-hybridized carbons (Fsp3) is 0.417. The summed E-state index contributed by atoms with van der Waals surface area (Å²) in [4.78, 5) is 21.8. The van der Waals surface area contributed by atoms with Crippen LogP contribution in [0.15, 0.2) is 18.5 Å². The van der Waals surface area contributed by atoms with Crippen molar-refractivity contribution in [2.75, 3.05) is 6.54 Å². The van der Waals surface area contributed by atoms with Crippen LogP contribution in [0.25, 0.3) is 0 Å². The number of hydrogen-bond donors (Lipinski definition) is 1. The Morgan fingerprint density at radius 1 is 1.50 bits per heavy atom. The lowest BCUT2D eigenvalue weighted by molar-refractivity contribution is -0.389. The van der Waals surface area contributed by atoms with Crippen LogP contribution in [0.2, 0.25) is 5.02 Å². The molecule has 118 valence electrons. The molecule has 0 aliphatic carbocycles. The van der Waals surface area contributed by atoms with Crippen LogP contribution in [-0.4, -0.2) is 36.9 Å². The van der Waals surface area contributed by atoms with E-state index in [1.165, 1.54) is 16.9 Å². The monoisotopic (exact) mass is 326 g/mol. The summed E-state index contributed by atoms with van der Waals surface area (Å²) >= 11 is 5.72. The molecule has 0 spiro atoms. The molecule has 0 aliphatic heterocycles. The molecule has 0 atom stereocenters. The van der Waals surface area contributed by atoms with Crippen LogP contribution in [0.1, 0.15) is 12.1 Å². The van der Waals surface area contributed by atoms with Crippen molar-refractivity contribution in [3.63, 3.8) is 0 Å². The molecule has 0 saturated carbocycles. The highest BCUT2D eigenvalue weighted by molar-refractivity contribution is 6.30. The van der Waals surface area contributed by atoms with Gasteiger partial charge < -0.3 is 15.4 Å². The number of nitrogens with zero attached hydrogens (tertiary/aromatic N) is 5. The summed E-state index contributed by atoms with van der Waals surface area (Å²) in [7, 11) is 0. The lowest BCUT2D eigenvalue weighted by Crippen LogP contribution is -2.28. The lowest BCUT2D eigenvalue weighted by Gasteiger charge is -2.05. The van der Waals surface area contributed by atoms with Crippen molar-refractivity contribution >= 4 is 23.3 Å². The fourth-order valence-electron chi connectivity index (χ4n) is 1.87. The van der Waals surface area contributed by atoms with E-state index in [0.717, 1.165) is 0 Å². The van der Waals surface area contributed by atoms with E-state index in [1.54, 1.807) is 17.8 Å². The summed E-state index contributed by atoms with van der Waals surface area (Å²) < 4.78 is 3.08. The average molecular weight is 327 g/mol. The van der Waals surface area contributed by atoms with Gasteiger partial charge in [-0.2, -0.15) is 9.78 Å². The Labute approximate surface area is 131 Å². The third-order valence-corrected chi connectivity index (χ3v) is 3.17. The van der Waals surface area contributed by atoms with Crippen molar-refractivity contribution in [2.24, 2.45) is 0 Å². The Morgan fingerprint density at radius 3 is 2.86 bits per heavy atom. The van der Waals surface area contributed by atoms with Crippen LogP contribution in [-0.2, 0) is 17.9 Å². The number of amides is 1. The van der Waals surface area contributed by atoms with Gasteiger partial charge in [-0.1, -0.05) is 11.6 Å². The number of nitrogens with one attached hydrogen (secondary N) is 1. The maximum atomic E-state index is 11.7. The quantitative estimate of drug-likeness (QED) is 0.606. The van der Waals surface area contributed by atoms with E-state index in [-0.39, 0.29) is 18.1 Å². The fourth-order valence-corrected chi connectivity index (χ4v) is 2.03. The maximum absolute atomic E-state index is 11.7. The van der Waals surface area contributed by atoms with Crippen LogP contribution in [0.4, 0.5) is 5.82 Å². The highest BCUT2D eigenvalue weighted by Crippen LogP contribution is 2.10. The molecule has 0 fully saturated rings. The molecule has 22 heavy (non-hydrogen) atoms. The largest absolute Gasteiger partial charge is 0.390 e. The summed E-state index contributed by atoms with van der Waals surface area (Å²) in [5.74, 6) is -0.328. The third kappa shape index (κ3) is 4.29. The Bertz CT molecular complexity index is 680. The predicted molar refractivity (Wildman–Crippen MR) is 78.5 cm³/mol. The first kappa shape index (κ1) is 16.0. The molecule has 1 amide bonds. The number of aryl methyl sites for hydroxylation is 2. The van der Waals surface area contributed by atoms with Gasteiger partial charge in [0.2, 0.25) is 5.91 Å². The molecule has 0 radical (unpaired) electrons. The normalized spacial score (nSPS) is 10.6. The van der Waals surface area contributed by atoms with Crippen LogP contribution in [0, 0.1) is 17.0 Å². The number of halogens is 1. The number of aromatic nitrogens is 4. The van der Waals surface area contributed by atoms with E-state index in [0.29, 0.717) is 30.4 Å². The molecule has 2 heterocycles. The molecule has 0 aromatic carbocycles. The molecule has 9 nitrogen and oxygen atoms in total. The minimum atomic E-state index is -0.544. The molecular weight excluding hydrogens is 312 g/mol. The highest BCUT2D eigenvalue weighted by Gasteiger charge is 2.14. The van der Waals surface area contributed by atoms with Gasteiger partial charge in [0.25, 0.3) is 0 Å². The minimum absolute atomic E-state index is 0.133. The zero-order valence-electron chi connectivity index (χ0n) is 11.9. The van der Waals surface area contributed by atoms with Crippen molar-refractivity contribution in [3.8, 4) is 0 Å². The molecule has 0 aliphatic rings. The first-order valence-corrected chi connectivity index (χ1v) is 6.97. The van der Waals surface area contributed by atoms with E-state index in [4.69, 9.17) is 11.6 Å². The summed E-state index contributed by atoms with van der Waals surface area (Å²) in [5, 5.41) is 21.7. The predicted octanol–water partition coefficient (Wildman–Crippen LogP) is 1.16. The van der Waals surface area contributed by atoms with Gasteiger partial charge in [0.15, 0.2) is 0 Å². The molecular formula is C12H15ClN6O3. The second-order valence-electron chi connectivity index (χ2n) is 4.65. The molecule has 2 rings (SSSR count). The van der Waals surface area contributed by atoms with E-state index < -0.39 is 4.92 Å². The van der Waals surface area contributed by atoms with Crippen molar-refractivity contribution in [3.05, 3.63) is 39.3 Å². The summed E-state index contributed by atoms with van der Waals surface area (Å²) in [6.07, 6.45) is 3.42. The lowest BCUT2D eigenvalue weighted by atomic mass is 10.4. The van der Waals surface area contributed by atoms with Crippen LogP contribution >= 0.6 is 11.6 Å². The van der Waals surface area contributed by atoms with Crippen LogP contribution in [0.5, 0.6) is 0 Å². The molecule has 0 saturated heterocycles. The number of carbonyl (C=O) groups is 1. The van der Waals surface area contributed by atoms with Gasteiger partial charge in [-0.05, 0) is 11.8 Å². The Kier molecular flexibility index (Phi) is 5.10. The van der Waals surface area contributed by atoms with Crippen LogP contribution < -0.4 is 5.32 Å². The zero-order valence-corrected chi connectivity index (χ0v) is 12.7. The molecule has 2 aromatic rings. The van der Waals surface area contributed by atoms with E-state index >= 15 is 0 Å². The van der Waals surface area contributed by atoms with Crippen molar-refractivity contribution in [2.45, 2.75) is 26.4 Å². The summed E-state index contributed by atoms with van der Waals surface area (Å²) in [6, 6.07) is 1.39. The smallest absolute Gasteiger partial charge is 0.358 e. The maximum Gasteiger partial charge on any atom is 0.390 e. The van der Waals surface area contributed by atoms with Gasteiger partial charge in [-0.25, -0.2) is 0 Å². The van der Waals surface area contributed by atoms with Crippen molar-refractivity contribution in [1.82, 2.24) is 24.9 Å². The number of nitro groups is 1. The molecule has 1 N–H and O–H groups in total. The van der Waals surface area contributed by atoms with Crippen molar-refractivity contribution in [1.29, 1.82) is 0 Å². The van der Waals surface area contributed by atoms with Gasteiger partial charge in [-0.15, -0.1) is 0 Å². The van der Waals surface area contributed by atoms with E-state index in [2.05, 4.69) is 15.5 Å². The topological polar surface area (TPSA) is 108 Å². The zero-order chi connectivity index (χ0) is 16.1. The van der Waals surface area contributed by atoms with Gasteiger partial charge >= 0.3 is 5.82 Å². The number of rotatable bonds is 7. The first-order chi connectivity index (χ1) is 10.5. The van der Waals surface area contributed by atoms with Gasteiger partial charge in [0.1, 0.15) is 0 Å². The highest BCUT2D eigenvalue weighted by atomic mass is 35.5. The Hall–Kier alpha value is -2.42. The second kappa shape index (κ2) is 7.03. The molecule has 0 unspecified atom stereocenters. The first-order valence-electron chi connectivity index (χ1n) is 6.59. The Balaban J connectivity index is 1.74. The van der Waals surface area contributed by atoms with Crippen molar-refractivity contribution < 1.29 is 9.72 Å². The number of hydrogen-bond acceptors (Lipinski definition) is 5. The standard InChI is InChI=1S/C12H15ClN6O3/c1-9-6-11(19(21)22)16-18(9)5-3-14-12(20)2-4-17-8-10(13)7-15-17/h6-8H,2-5H2,1H3,(H,14,20). The minimum Gasteiger partial charge on any atom is -0.358 e. The van der Waals surface area contributed by atoms with E-state index in [1.807, 2.05) is 0 Å². The van der Waals surface area contributed by atoms with Gasteiger partial charge in [0.05, 0.1) is 34.6 Å². The second-order valence-corrected chi connectivity index (χ2v) is 5.08. The number of carbonyl (C=O) groups excluding carboxylic acids is 1. The van der Waals surface area contributed by atoms with E-state index in [9.17, 15) is 14.9 Å².